The lowest BCUT2D eigenvalue weighted by molar-refractivity contribution is 0.192. The maximum Gasteiger partial charge on any atom is 0.263 e. The second-order valence-corrected chi connectivity index (χ2v) is 22.0. The minimum atomic E-state index is -4.14. The molecule has 8 rings (SSSR count). The Bertz CT molecular complexity index is 3290. The number of nitrogens with zero attached hydrogens (tertiary/aromatic N) is 8. The predicted octanol–water partition coefficient (Wildman–Crippen LogP) is 7.58. The van der Waals surface area contributed by atoms with Crippen molar-refractivity contribution in [1.29, 1.82) is 0 Å². The van der Waals surface area contributed by atoms with Gasteiger partial charge in [0.1, 0.15) is 13.2 Å². The van der Waals surface area contributed by atoms with Crippen LogP contribution in [0.5, 0.6) is 46.3 Å². The summed E-state index contributed by atoms with van der Waals surface area (Å²) in [5.74, 6) is 0.542. The quantitative estimate of drug-likeness (QED) is 0.0571. The van der Waals surface area contributed by atoms with Crippen LogP contribution in [0.15, 0.2) is 144 Å². The topological polar surface area (TPSA) is 323 Å². The van der Waals surface area contributed by atoms with Crippen molar-refractivity contribution < 1.29 is 60.9 Å². The first-order chi connectivity index (χ1) is 37.2. The van der Waals surface area contributed by atoms with Crippen molar-refractivity contribution in [3.05, 3.63) is 145 Å². The maximum absolute atomic E-state index is 13.5. The molecular weight excluding hydrogens is 1060 g/mol. The van der Waals surface area contributed by atoms with Crippen LogP contribution in [0.25, 0.3) is 23.3 Å². The first-order valence-electron chi connectivity index (χ1n) is 24.0. The number of aliphatic hydroxyl groups excluding tert-OH is 2. The van der Waals surface area contributed by atoms with Gasteiger partial charge in [-0.1, -0.05) is 90.1 Å². The van der Waals surface area contributed by atoms with E-state index in [1.807, 2.05) is 41.5 Å². The molecule has 4 heterocycles. The van der Waals surface area contributed by atoms with Gasteiger partial charge in [0.15, 0.2) is 46.3 Å². The fraction of sp³-hybridized carbons (Fsp3) is 0.259. The highest BCUT2D eigenvalue weighted by Crippen LogP contribution is 2.43. The lowest BCUT2D eigenvalue weighted by Crippen LogP contribution is -2.17. The smallest absolute Gasteiger partial charge is 0.263 e. The molecule has 6 N–H and O–H groups in total. The summed E-state index contributed by atoms with van der Waals surface area (Å²) < 4.78 is 93.2. The summed E-state index contributed by atoms with van der Waals surface area (Å²) >= 11 is 0. The highest BCUT2D eigenvalue weighted by molar-refractivity contribution is 7.93. The van der Waals surface area contributed by atoms with Crippen molar-refractivity contribution in [2.45, 2.75) is 62.2 Å². The summed E-state index contributed by atoms with van der Waals surface area (Å²) in [7, 11) is -5.33. The molecule has 8 aromatic rings. The Morgan fingerprint density at radius 3 is 1.09 bits per heavy atom. The number of aliphatic hydroxyl groups is 2. The van der Waals surface area contributed by atoms with Crippen LogP contribution >= 0.6 is 0 Å². The van der Waals surface area contributed by atoms with E-state index in [9.17, 15) is 27.0 Å². The molecule has 0 aliphatic carbocycles. The zero-order chi connectivity index (χ0) is 56.1. The first-order valence-corrected chi connectivity index (χ1v) is 27.0. The average Bonchev–Trinajstić information content (AvgIpc) is 3.48. The molecule has 4 aromatic heterocycles. The van der Waals surface area contributed by atoms with Crippen molar-refractivity contribution >= 4 is 31.7 Å². The van der Waals surface area contributed by atoms with Gasteiger partial charge in [-0.3, -0.25) is 9.44 Å². The highest BCUT2D eigenvalue weighted by atomic mass is 32.2. The molecule has 0 aliphatic rings. The number of para-hydroxylation sites is 4. The molecular formula is C54H60N10O13S2. The molecule has 25 heteroatoms. The molecule has 0 spiro atoms. The number of ether oxygens (including phenoxy) is 6. The summed E-state index contributed by atoms with van der Waals surface area (Å²) in [6.45, 7) is 11.3. The van der Waals surface area contributed by atoms with E-state index in [4.69, 9.17) is 28.4 Å². The van der Waals surface area contributed by atoms with E-state index >= 15 is 0 Å². The van der Waals surface area contributed by atoms with Gasteiger partial charge in [0.05, 0.1) is 37.2 Å². The Labute approximate surface area is 457 Å². The van der Waals surface area contributed by atoms with E-state index in [-0.39, 0.29) is 122 Å². The monoisotopic (exact) mass is 1120 g/mol. The van der Waals surface area contributed by atoms with Crippen molar-refractivity contribution in [2.24, 2.45) is 0 Å². The summed E-state index contributed by atoms with van der Waals surface area (Å²) in [5, 5.41) is 18.8. The van der Waals surface area contributed by atoms with Gasteiger partial charge in [0.2, 0.25) is 23.1 Å². The third kappa shape index (κ3) is 15.3. The van der Waals surface area contributed by atoms with Crippen LogP contribution < -0.4 is 37.9 Å². The molecule has 0 bridgehead atoms. The Morgan fingerprint density at radius 2 is 0.785 bits per heavy atom. The molecule has 23 nitrogen and oxygen atoms in total. The second-order valence-electron chi connectivity index (χ2n) is 18.6. The lowest BCUT2D eigenvalue weighted by atomic mass is 9.87. The number of hydrogen-bond donors (Lipinski definition) is 4. The summed E-state index contributed by atoms with van der Waals surface area (Å²) in [6.07, 6.45) is 6.00. The number of nitrogens with one attached hydrogen (secondary N) is 2. The first kappa shape index (κ1) is 59.6. The third-order valence-electron chi connectivity index (χ3n) is 10.9. The van der Waals surface area contributed by atoms with Gasteiger partial charge in [-0.2, -0.15) is 9.97 Å². The third-order valence-corrected chi connectivity index (χ3v) is 13.7. The van der Waals surface area contributed by atoms with Crippen molar-refractivity contribution in [2.75, 3.05) is 50.1 Å². The van der Waals surface area contributed by atoms with Crippen LogP contribution in [0.1, 0.15) is 52.7 Å². The number of methoxy groups -OCH3 is 2. The van der Waals surface area contributed by atoms with Crippen molar-refractivity contribution in [3.8, 4) is 69.6 Å². The zero-order valence-corrected chi connectivity index (χ0v) is 46.0. The average molecular weight is 1120 g/mol. The Kier molecular flexibility index (Phi) is 19.7. The van der Waals surface area contributed by atoms with Gasteiger partial charge in [0, 0.05) is 24.8 Å². The number of rotatable bonds is 20. The molecule has 0 saturated heterocycles. The highest BCUT2D eigenvalue weighted by Gasteiger charge is 2.29. The molecule has 0 unspecified atom stereocenters. The molecule has 79 heavy (non-hydrogen) atoms. The molecule has 0 amide bonds. The van der Waals surface area contributed by atoms with E-state index < -0.39 is 20.0 Å². The molecule has 0 fully saturated rings. The van der Waals surface area contributed by atoms with Crippen molar-refractivity contribution in [1.82, 2.24) is 39.9 Å². The second kappa shape index (κ2) is 26.2. The van der Waals surface area contributed by atoms with Gasteiger partial charge in [-0.05, 0) is 82.6 Å². The summed E-state index contributed by atoms with van der Waals surface area (Å²) in [5.41, 5.74) is 1.65. The van der Waals surface area contributed by atoms with E-state index in [2.05, 4.69) is 49.3 Å². The Balaban J connectivity index is 0.000000252. The number of aromatic nitrogens is 8. The molecule has 416 valence electrons. The van der Waals surface area contributed by atoms with E-state index in [0.29, 0.717) is 11.5 Å². The maximum atomic E-state index is 13.5. The Hall–Kier alpha value is -8.62. The standard InChI is InChI=1S/2C27H29N5O6S.H2O/c2*1-27(2,3)18-10-12-19(13-11-18)39(34,35)32-23-22(38-21-9-6-5-8-20(21)36-4)26(37-17-16-33)31-25(30-23)24-28-14-7-15-29-24;/h2*5-15,33H,16-17H2,1-4H3,(H,30,31,32);1H2. The van der Waals surface area contributed by atoms with Gasteiger partial charge in [0.25, 0.3) is 31.8 Å². The van der Waals surface area contributed by atoms with Crippen molar-refractivity contribution in [3.63, 3.8) is 0 Å². The van der Waals surface area contributed by atoms with Gasteiger partial charge in [-0.25, -0.2) is 46.7 Å². The van der Waals surface area contributed by atoms with Gasteiger partial charge in [-0.15, -0.1) is 0 Å². The summed E-state index contributed by atoms with van der Waals surface area (Å²) in [6, 6.07) is 30.0. The predicted molar refractivity (Wildman–Crippen MR) is 293 cm³/mol. The minimum absolute atomic E-state index is 0. The summed E-state index contributed by atoms with van der Waals surface area (Å²) in [4.78, 5) is 34.2. The van der Waals surface area contributed by atoms with Crippen LogP contribution in [-0.4, -0.2) is 113 Å². The van der Waals surface area contributed by atoms with Crippen LogP contribution in [0, 0.1) is 0 Å². The molecule has 0 aliphatic heterocycles. The fourth-order valence-electron chi connectivity index (χ4n) is 6.96. The molecule has 0 saturated carbocycles. The van der Waals surface area contributed by atoms with E-state index in [1.165, 1.54) is 63.3 Å². The lowest BCUT2D eigenvalue weighted by Gasteiger charge is -2.20. The Morgan fingerprint density at radius 1 is 0.456 bits per heavy atom. The molecule has 0 atom stereocenters. The van der Waals surface area contributed by atoms with Gasteiger partial charge >= 0.3 is 0 Å². The van der Waals surface area contributed by atoms with Crippen LogP contribution in [0.4, 0.5) is 11.6 Å². The molecule has 0 radical (unpaired) electrons. The van der Waals surface area contributed by atoms with Crippen LogP contribution in [-0.2, 0) is 30.9 Å². The van der Waals surface area contributed by atoms with Crippen LogP contribution in [0.3, 0.4) is 0 Å². The number of hydrogen-bond acceptors (Lipinski definition) is 20. The largest absolute Gasteiger partial charge is 0.493 e. The van der Waals surface area contributed by atoms with Gasteiger partial charge < -0.3 is 44.1 Å². The van der Waals surface area contributed by atoms with E-state index in [0.717, 1.165) is 11.1 Å². The molecule has 4 aromatic carbocycles. The zero-order valence-electron chi connectivity index (χ0n) is 44.4. The normalized spacial score (nSPS) is 11.5. The number of anilines is 2. The minimum Gasteiger partial charge on any atom is -0.493 e. The SMILES string of the molecule is COc1ccccc1Oc1c(NS(=O)(=O)c2ccc(C(C)(C)C)cc2)nc(-c2ncccn2)nc1OCCO.COc1ccccc1Oc1c(NS(=O)(=O)c2ccc(C(C)(C)C)cc2)nc(-c2ncccn2)nc1OCCO.O. The number of sulfonamides is 2. The number of benzene rings is 4. The van der Waals surface area contributed by atoms with Crippen LogP contribution in [0.2, 0.25) is 0 Å². The fourth-order valence-corrected chi connectivity index (χ4v) is 8.97. The van der Waals surface area contributed by atoms with E-state index in [1.54, 1.807) is 84.9 Å².